The largest absolute Gasteiger partial charge is 0.436 e. The molecule has 1 N–H and O–H groups in total. The SMILES string of the molecule is CC1CC(=O)NN=C1c1ccc2oc(-c3ccncc3)nc2c1. The van der Waals surface area contributed by atoms with Crippen LogP contribution in [0.3, 0.4) is 0 Å². The van der Waals surface area contributed by atoms with Crippen LogP contribution in [-0.2, 0) is 4.79 Å². The number of hydrazone groups is 1. The van der Waals surface area contributed by atoms with E-state index in [1.807, 2.05) is 37.3 Å². The smallest absolute Gasteiger partial charge is 0.240 e. The van der Waals surface area contributed by atoms with Gasteiger partial charge in [0, 0.05) is 35.9 Å². The summed E-state index contributed by atoms with van der Waals surface area (Å²) in [6.45, 7) is 1.99. The van der Waals surface area contributed by atoms with E-state index in [4.69, 9.17) is 4.42 Å². The quantitative estimate of drug-likeness (QED) is 0.789. The number of nitrogens with zero attached hydrogens (tertiary/aromatic N) is 3. The molecule has 6 nitrogen and oxygen atoms in total. The number of carbonyl (C=O) groups excluding carboxylic acids is 1. The average Bonchev–Trinajstić information content (AvgIpc) is 2.99. The van der Waals surface area contributed by atoms with E-state index >= 15 is 0 Å². The van der Waals surface area contributed by atoms with Gasteiger partial charge in [0.15, 0.2) is 5.58 Å². The minimum atomic E-state index is -0.0521. The number of pyridine rings is 1. The van der Waals surface area contributed by atoms with Crippen molar-refractivity contribution in [2.24, 2.45) is 11.0 Å². The first-order valence-corrected chi connectivity index (χ1v) is 7.38. The van der Waals surface area contributed by atoms with Crippen LogP contribution < -0.4 is 5.43 Å². The first kappa shape index (κ1) is 13.6. The third kappa shape index (κ3) is 2.48. The Balaban J connectivity index is 1.75. The fourth-order valence-electron chi connectivity index (χ4n) is 2.71. The third-order valence-electron chi connectivity index (χ3n) is 3.87. The molecule has 114 valence electrons. The summed E-state index contributed by atoms with van der Waals surface area (Å²) in [5, 5.41) is 4.18. The van der Waals surface area contributed by atoms with Gasteiger partial charge in [-0.3, -0.25) is 9.78 Å². The van der Waals surface area contributed by atoms with E-state index in [1.54, 1.807) is 12.4 Å². The summed E-state index contributed by atoms with van der Waals surface area (Å²) in [5.74, 6) is 0.586. The van der Waals surface area contributed by atoms with Gasteiger partial charge in [-0.1, -0.05) is 6.92 Å². The van der Waals surface area contributed by atoms with Gasteiger partial charge in [-0.15, -0.1) is 0 Å². The summed E-state index contributed by atoms with van der Waals surface area (Å²) >= 11 is 0. The maximum atomic E-state index is 11.4. The van der Waals surface area contributed by atoms with Crippen molar-refractivity contribution in [2.75, 3.05) is 0 Å². The molecule has 1 atom stereocenters. The Morgan fingerprint density at radius 3 is 2.78 bits per heavy atom. The van der Waals surface area contributed by atoms with Crippen LogP contribution in [0.1, 0.15) is 18.9 Å². The average molecular weight is 306 g/mol. The molecule has 1 aliphatic heterocycles. The van der Waals surface area contributed by atoms with Crippen LogP contribution in [0.2, 0.25) is 0 Å². The molecule has 3 aromatic rings. The number of hydrogen-bond donors (Lipinski definition) is 1. The van der Waals surface area contributed by atoms with Crippen LogP contribution in [0.15, 0.2) is 52.2 Å². The molecular formula is C17H14N4O2. The number of amides is 1. The molecule has 0 spiro atoms. The standard InChI is InChI=1S/C17H14N4O2/c1-10-8-15(22)20-21-16(10)12-2-3-14-13(9-12)19-17(23-14)11-4-6-18-7-5-11/h2-7,9-10H,8H2,1H3,(H,20,22). The van der Waals surface area contributed by atoms with Gasteiger partial charge in [0.1, 0.15) is 5.52 Å². The molecule has 4 rings (SSSR count). The van der Waals surface area contributed by atoms with E-state index in [2.05, 4.69) is 20.5 Å². The second-order valence-electron chi connectivity index (χ2n) is 5.57. The van der Waals surface area contributed by atoms with Crippen LogP contribution >= 0.6 is 0 Å². The molecule has 0 bridgehead atoms. The zero-order valence-electron chi connectivity index (χ0n) is 12.5. The van der Waals surface area contributed by atoms with Crippen molar-refractivity contribution in [1.82, 2.24) is 15.4 Å². The van der Waals surface area contributed by atoms with Crippen LogP contribution in [0, 0.1) is 5.92 Å². The lowest BCUT2D eigenvalue weighted by molar-refractivity contribution is -0.121. The van der Waals surface area contributed by atoms with Gasteiger partial charge >= 0.3 is 0 Å². The van der Waals surface area contributed by atoms with Crippen LogP contribution in [-0.4, -0.2) is 21.6 Å². The molecule has 0 saturated carbocycles. The molecule has 3 heterocycles. The normalized spacial score (nSPS) is 17.9. The predicted molar refractivity (Wildman–Crippen MR) is 85.7 cm³/mol. The summed E-state index contributed by atoms with van der Waals surface area (Å²) in [5.41, 5.74) is 6.71. The number of carbonyl (C=O) groups is 1. The molecule has 0 saturated heterocycles. The number of rotatable bonds is 2. The fraction of sp³-hybridized carbons (Fsp3) is 0.176. The van der Waals surface area contributed by atoms with Gasteiger partial charge in [-0.25, -0.2) is 10.4 Å². The van der Waals surface area contributed by atoms with Crippen LogP contribution in [0.5, 0.6) is 0 Å². The Morgan fingerprint density at radius 1 is 1.17 bits per heavy atom. The van der Waals surface area contributed by atoms with Crippen molar-refractivity contribution >= 4 is 22.7 Å². The molecule has 1 aliphatic rings. The Kier molecular flexibility index (Phi) is 3.15. The van der Waals surface area contributed by atoms with E-state index < -0.39 is 0 Å². The van der Waals surface area contributed by atoms with E-state index in [-0.39, 0.29) is 11.8 Å². The summed E-state index contributed by atoms with van der Waals surface area (Å²) < 4.78 is 5.79. The number of fused-ring (bicyclic) bond motifs is 1. The maximum Gasteiger partial charge on any atom is 0.240 e. The molecule has 0 fully saturated rings. The highest BCUT2D eigenvalue weighted by Crippen LogP contribution is 2.26. The maximum absolute atomic E-state index is 11.4. The molecule has 1 amide bonds. The van der Waals surface area contributed by atoms with E-state index in [0.717, 1.165) is 22.4 Å². The Morgan fingerprint density at radius 2 is 2.00 bits per heavy atom. The molecule has 23 heavy (non-hydrogen) atoms. The van der Waals surface area contributed by atoms with E-state index in [1.165, 1.54) is 0 Å². The monoisotopic (exact) mass is 306 g/mol. The van der Waals surface area contributed by atoms with Gasteiger partial charge in [0.05, 0.1) is 5.71 Å². The van der Waals surface area contributed by atoms with Crippen molar-refractivity contribution in [1.29, 1.82) is 0 Å². The lowest BCUT2D eigenvalue weighted by atomic mass is 9.94. The lowest BCUT2D eigenvalue weighted by Gasteiger charge is -2.18. The van der Waals surface area contributed by atoms with Gasteiger partial charge in [-0.2, -0.15) is 5.10 Å². The van der Waals surface area contributed by atoms with Gasteiger partial charge in [0.25, 0.3) is 0 Å². The second kappa shape index (κ2) is 5.31. The van der Waals surface area contributed by atoms with Crippen molar-refractivity contribution in [3.63, 3.8) is 0 Å². The molecule has 0 aliphatic carbocycles. The lowest BCUT2D eigenvalue weighted by Crippen LogP contribution is -2.31. The highest BCUT2D eigenvalue weighted by molar-refractivity contribution is 6.07. The van der Waals surface area contributed by atoms with E-state index in [0.29, 0.717) is 17.9 Å². The van der Waals surface area contributed by atoms with Crippen molar-refractivity contribution in [3.8, 4) is 11.5 Å². The molecule has 6 heteroatoms. The van der Waals surface area contributed by atoms with Gasteiger partial charge < -0.3 is 4.42 Å². The Bertz CT molecular complexity index is 915. The van der Waals surface area contributed by atoms with Crippen LogP contribution in [0.4, 0.5) is 0 Å². The summed E-state index contributed by atoms with van der Waals surface area (Å²) in [6.07, 6.45) is 3.85. The van der Waals surface area contributed by atoms with Gasteiger partial charge in [0.2, 0.25) is 11.8 Å². The number of oxazole rings is 1. The second-order valence-corrected chi connectivity index (χ2v) is 5.57. The molecule has 2 aromatic heterocycles. The number of nitrogens with one attached hydrogen (secondary N) is 1. The molecule has 1 unspecified atom stereocenters. The van der Waals surface area contributed by atoms with Crippen molar-refractivity contribution < 1.29 is 9.21 Å². The summed E-state index contributed by atoms with van der Waals surface area (Å²) in [7, 11) is 0. The Labute approximate surface area is 132 Å². The number of benzene rings is 1. The third-order valence-corrected chi connectivity index (χ3v) is 3.87. The summed E-state index contributed by atoms with van der Waals surface area (Å²) in [4.78, 5) is 19.9. The minimum absolute atomic E-state index is 0.0521. The van der Waals surface area contributed by atoms with Crippen molar-refractivity contribution in [3.05, 3.63) is 48.3 Å². The van der Waals surface area contributed by atoms with Crippen molar-refractivity contribution in [2.45, 2.75) is 13.3 Å². The molecular weight excluding hydrogens is 292 g/mol. The minimum Gasteiger partial charge on any atom is -0.436 e. The Hall–Kier alpha value is -3.02. The molecule has 1 aromatic carbocycles. The molecule has 0 radical (unpaired) electrons. The highest BCUT2D eigenvalue weighted by Gasteiger charge is 2.22. The predicted octanol–water partition coefficient (Wildman–Crippen LogP) is 2.75. The topological polar surface area (TPSA) is 80.4 Å². The number of aromatic nitrogens is 2. The van der Waals surface area contributed by atoms with Crippen LogP contribution in [0.25, 0.3) is 22.6 Å². The van der Waals surface area contributed by atoms with E-state index in [9.17, 15) is 4.79 Å². The summed E-state index contributed by atoms with van der Waals surface area (Å²) in [6, 6.07) is 9.48. The number of hydrogen-bond acceptors (Lipinski definition) is 5. The first-order valence-electron chi connectivity index (χ1n) is 7.38. The zero-order chi connectivity index (χ0) is 15.8. The highest BCUT2D eigenvalue weighted by atomic mass is 16.3. The van der Waals surface area contributed by atoms with Gasteiger partial charge in [-0.05, 0) is 30.3 Å². The zero-order valence-corrected chi connectivity index (χ0v) is 12.5. The fourth-order valence-corrected chi connectivity index (χ4v) is 2.71. The first-order chi connectivity index (χ1) is 11.2.